The summed E-state index contributed by atoms with van der Waals surface area (Å²) in [6.45, 7) is 2.94. The van der Waals surface area contributed by atoms with Crippen LogP contribution in [0.5, 0.6) is 0 Å². The molecule has 0 aliphatic heterocycles. The Labute approximate surface area is 129 Å². The molecule has 1 aliphatic carbocycles. The third-order valence-corrected chi connectivity index (χ3v) is 4.34. The van der Waals surface area contributed by atoms with Gasteiger partial charge in [-0.3, -0.25) is 9.59 Å². The number of rotatable bonds is 5. The summed E-state index contributed by atoms with van der Waals surface area (Å²) in [6.07, 6.45) is 2.07. The number of carboxylic acids is 1. The molecule has 5 heteroatoms. The Kier molecular flexibility index (Phi) is 5.23. The lowest BCUT2D eigenvalue weighted by atomic mass is 9.94. The van der Waals surface area contributed by atoms with E-state index in [4.69, 9.17) is 11.6 Å². The van der Waals surface area contributed by atoms with E-state index in [9.17, 15) is 14.7 Å². The predicted molar refractivity (Wildman–Crippen MR) is 81.0 cm³/mol. The number of amides is 1. The van der Waals surface area contributed by atoms with Crippen LogP contribution in [-0.2, 0) is 16.1 Å². The fourth-order valence-corrected chi connectivity index (χ4v) is 3.20. The molecule has 2 rings (SSSR count). The highest BCUT2D eigenvalue weighted by atomic mass is 35.5. The molecule has 0 spiro atoms. The lowest BCUT2D eigenvalue weighted by Gasteiger charge is -2.26. The van der Waals surface area contributed by atoms with Gasteiger partial charge in [-0.25, -0.2) is 0 Å². The molecule has 1 N–H and O–H groups in total. The van der Waals surface area contributed by atoms with Gasteiger partial charge in [0.05, 0.1) is 11.8 Å². The monoisotopic (exact) mass is 309 g/mol. The van der Waals surface area contributed by atoms with Crippen LogP contribution in [0.2, 0.25) is 5.02 Å². The Morgan fingerprint density at radius 3 is 2.67 bits per heavy atom. The van der Waals surface area contributed by atoms with E-state index >= 15 is 0 Å². The van der Waals surface area contributed by atoms with Gasteiger partial charge in [-0.05, 0) is 37.5 Å². The molecule has 1 amide bonds. The van der Waals surface area contributed by atoms with Crippen molar-refractivity contribution in [2.75, 3.05) is 6.54 Å². The van der Waals surface area contributed by atoms with Crippen molar-refractivity contribution in [1.29, 1.82) is 0 Å². The number of nitrogens with zero attached hydrogens (tertiary/aromatic N) is 1. The van der Waals surface area contributed by atoms with Crippen LogP contribution in [-0.4, -0.2) is 28.4 Å². The van der Waals surface area contributed by atoms with Crippen LogP contribution < -0.4 is 0 Å². The maximum absolute atomic E-state index is 12.6. The Hall–Kier alpha value is -1.55. The summed E-state index contributed by atoms with van der Waals surface area (Å²) in [7, 11) is 0. The van der Waals surface area contributed by atoms with E-state index in [1.54, 1.807) is 11.0 Å². The van der Waals surface area contributed by atoms with Crippen LogP contribution in [0.15, 0.2) is 24.3 Å². The van der Waals surface area contributed by atoms with E-state index in [-0.39, 0.29) is 11.8 Å². The molecule has 0 radical (unpaired) electrons. The Morgan fingerprint density at radius 1 is 1.33 bits per heavy atom. The average Bonchev–Trinajstić information content (AvgIpc) is 2.93. The number of halogens is 1. The van der Waals surface area contributed by atoms with Gasteiger partial charge >= 0.3 is 5.97 Å². The van der Waals surface area contributed by atoms with Gasteiger partial charge in [-0.15, -0.1) is 0 Å². The second-order valence-corrected chi connectivity index (χ2v) is 5.90. The van der Waals surface area contributed by atoms with Gasteiger partial charge in [0.2, 0.25) is 5.91 Å². The first-order valence-electron chi connectivity index (χ1n) is 7.29. The number of hydrogen-bond acceptors (Lipinski definition) is 2. The minimum Gasteiger partial charge on any atom is -0.481 e. The highest BCUT2D eigenvalue weighted by Crippen LogP contribution is 2.33. The molecule has 1 fully saturated rings. The standard InChI is InChI=1S/C16H20ClNO3/c1-2-18(10-11-5-3-6-12(17)9-11)15(19)13-7-4-8-14(13)16(20)21/h3,5-6,9,13-14H,2,4,7-8,10H2,1H3,(H,20,21)/t13-,14+/m1/s1. The minimum absolute atomic E-state index is 0.0534. The van der Waals surface area contributed by atoms with Crippen LogP contribution in [0.3, 0.4) is 0 Å². The molecule has 0 aromatic heterocycles. The topological polar surface area (TPSA) is 57.6 Å². The molecule has 21 heavy (non-hydrogen) atoms. The fourth-order valence-electron chi connectivity index (χ4n) is 2.99. The molecule has 2 atom stereocenters. The summed E-state index contributed by atoms with van der Waals surface area (Å²) >= 11 is 5.96. The van der Waals surface area contributed by atoms with Gasteiger partial charge in [0, 0.05) is 18.1 Å². The van der Waals surface area contributed by atoms with Gasteiger partial charge < -0.3 is 10.0 Å². The summed E-state index contributed by atoms with van der Waals surface area (Å²) in [5.41, 5.74) is 0.961. The minimum atomic E-state index is -0.857. The van der Waals surface area contributed by atoms with Gasteiger partial charge in [0.15, 0.2) is 0 Å². The van der Waals surface area contributed by atoms with Crippen LogP contribution in [0.4, 0.5) is 0 Å². The van der Waals surface area contributed by atoms with Gasteiger partial charge in [-0.1, -0.05) is 30.2 Å². The number of carbonyl (C=O) groups excluding carboxylic acids is 1. The third-order valence-electron chi connectivity index (χ3n) is 4.11. The lowest BCUT2D eigenvalue weighted by molar-refractivity contribution is -0.149. The predicted octanol–water partition coefficient (Wildman–Crippen LogP) is 3.19. The van der Waals surface area contributed by atoms with E-state index in [2.05, 4.69) is 0 Å². The summed E-state index contributed by atoms with van der Waals surface area (Å²) < 4.78 is 0. The van der Waals surface area contributed by atoms with Crippen molar-refractivity contribution in [3.63, 3.8) is 0 Å². The Bertz CT molecular complexity index is 532. The van der Waals surface area contributed by atoms with Crippen molar-refractivity contribution >= 4 is 23.5 Å². The summed E-state index contributed by atoms with van der Waals surface area (Å²) in [5.74, 6) is -1.83. The molecule has 1 aromatic rings. The second kappa shape index (κ2) is 6.94. The zero-order valence-corrected chi connectivity index (χ0v) is 12.8. The highest BCUT2D eigenvalue weighted by Gasteiger charge is 2.39. The molecule has 0 saturated heterocycles. The quantitative estimate of drug-likeness (QED) is 0.908. The first-order valence-corrected chi connectivity index (χ1v) is 7.66. The van der Waals surface area contributed by atoms with E-state index in [1.165, 1.54) is 0 Å². The smallest absolute Gasteiger partial charge is 0.307 e. The van der Waals surface area contributed by atoms with Crippen molar-refractivity contribution in [3.8, 4) is 0 Å². The van der Waals surface area contributed by atoms with Crippen LogP contribution in [0.25, 0.3) is 0 Å². The van der Waals surface area contributed by atoms with E-state index in [0.717, 1.165) is 12.0 Å². The van der Waals surface area contributed by atoms with E-state index < -0.39 is 11.9 Å². The van der Waals surface area contributed by atoms with Crippen LogP contribution in [0.1, 0.15) is 31.7 Å². The van der Waals surface area contributed by atoms with E-state index in [0.29, 0.717) is 31.0 Å². The highest BCUT2D eigenvalue weighted by molar-refractivity contribution is 6.30. The van der Waals surface area contributed by atoms with Gasteiger partial charge in [-0.2, -0.15) is 0 Å². The summed E-state index contributed by atoms with van der Waals surface area (Å²) in [5, 5.41) is 9.86. The first-order chi connectivity index (χ1) is 10.0. The zero-order chi connectivity index (χ0) is 15.4. The zero-order valence-electron chi connectivity index (χ0n) is 12.1. The summed E-state index contributed by atoms with van der Waals surface area (Å²) in [4.78, 5) is 25.6. The second-order valence-electron chi connectivity index (χ2n) is 5.46. The number of benzene rings is 1. The van der Waals surface area contributed by atoms with Crippen LogP contribution >= 0.6 is 11.6 Å². The number of carbonyl (C=O) groups is 2. The molecule has 114 valence electrons. The average molecular weight is 310 g/mol. The number of aliphatic carboxylic acids is 1. The Morgan fingerprint density at radius 2 is 2.05 bits per heavy atom. The summed E-state index contributed by atoms with van der Waals surface area (Å²) in [6, 6.07) is 7.40. The van der Waals surface area contributed by atoms with Crippen molar-refractivity contribution < 1.29 is 14.7 Å². The molecule has 0 heterocycles. The molecule has 0 bridgehead atoms. The van der Waals surface area contributed by atoms with Crippen LogP contribution in [0, 0.1) is 11.8 Å². The number of carboxylic acid groups (broad SMARTS) is 1. The molecule has 0 unspecified atom stereocenters. The van der Waals surface area contributed by atoms with Crippen molar-refractivity contribution in [2.24, 2.45) is 11.8 Å². The largest absolute Gasteiger partial charge is 0.481 e. The number of hydrogen-bond donors (Lipinski definition) is 1. The molecule has 1 aromatic carbocycles. The van der Waals surface area contributed by atoms with E-state index in [1.807, 2.05) is 25.1 Å². The maximum Gasteiger partial charge on any atom is 0.307 e. The molecule has 1 saturated carbocycles. The molecule has 1 aliphatic rings. The fraction of sp³-hybridized carbons (Fsp3) is 0.500. The molecular formula is C16H20ClNO3. The third kappa shape index (κ3) is 3.76. The normalized spacial score (nSPS) is 21.2. The van der Waals surface area contributed by atoms with Gasteiger partial charge in [0.1, 0.15) is 0 Å². The Balaban J connectivity index is 2.10. The van der Waals surface area contributed by atoms with Crippen molar-refractivity contribution in [3.05, 3.63) is 34.9 Å². The van der Waals surface area contributed by atoms with Gasteiger partial charge in [0.25, 0.3) is 0 Å². The SMILES string of the molecule is CCN(Cc1cccc(Cl)c1)C(=O)[C@@H]1CCC[C@@H]1C(=O)O. The first kappa shape index (κ1) is 15.8. The van der Waals surface area contributed by atoms with Crippen molar-refractivity contribution in [2.45, 2.75) is 32.7 Å². The lowest BCUT2D eigenvalue weighted by Crippen LogP contribution is -2.38. The maximum atomic E-state index is 12.6. The van der Waals surface area contributed by atoms with Crippen molar-refractivity contribution in [1.82, 2.24) is 4.90 Å². The molecular weight excluding hydrogens is 290 g/mol. The molecule has 4 nitrogen and oxygen atoms in total.